The van der Waals surface area contributed by atoms with Crippen molar-refractivity contribution >= 4 is 0 Å². The Morgan fingerprint density at radius 3 is 2.50 bits per heavy atom. The van der Waals surface area contributed by atoms with E-state index in [1.807, 2.05) is 7.05 Å². The fraction of sp³-hybridized carbons (Fsp3) is 0.400. The third-order valence-electron chi connectivity index (χ3n) is 3.59. The van der Waals surface area contributed by atoms with Gasteiger partial charge in [-0.1, -0.05) is 12.1 Å². The molecular formula is C15H21N3. The number of rotatable bonds is 3. The Bertz CT molecular complexity index is 567. The third kappa shape index (κ3) is 2.18. The molecule has 0 amide bonds. The van der Waals surface area contributed by atoms with Gasteiger partial charge in [-0.15, -0.1) is 0 Å². The predicted molar refractivity (Wildman–Crippen MR) is 75.7 cm³/mol. The molecule has 18 heavy (non-hydrogen) atoms. The molecule has 0 spiro atoms. The molecule has 2 aromatic rings. The zero-order valence-corrected chi connectivity index (χ0v) is 11.8. The molecule has 3 nitrogen and oxygen atoms in total. The molecular weight excluding hydrogens is 222 g/mol. The van der Waals surface area contributed by atoms with Gasteiger partial charge in [-0.3, -0.25) is 0 Å². The number of imidazole rings is 1. The zero-order chi connectivity index (χ0) is 13.3. The van der Waals surface area contributed by atoms with E-state index >= 15 is 0 Å². The van der Waals surface area contributed by atoms with Crippen molar-refractivity contribution in [3.8, 4) is 11.3 Å². The van der Waals surface area contributed by atoms with E-state index in [1.165, 1.54) is 22.3 Å². The SMILES string of the molecule is CNCc1nc(-c2ccc(C)c(C)c2C)c(C)[nH]1. The van der Waals surface area contributed by atoms with Crippen LogP contribution in [0.2, 0.25) is 0 Å². The van der Waals surface area contributed by atoms with Crippen molar-refractivity contribution in [3.63, 3.8) is 0 Å². The van der Waals surface area contributed by atoms with Gasteiger partial charge in [0.25, 0.3) is 0 Å². The summed E-state index contributed by atoms with van der Waals surface area (Å²) in [5.41, 5.74) is 7.44. The van der Waals surface area contributed by atoms with Crippen LogP contribution in [0.15, 0.2) is 12.1 Å². The van der Waals surface area contributed by atoms with Crippen LogP contribution in [-0.2, 0) is 6.54 Å². The van der Waals surface area contributed by atoms with Gasteiger partial charge < -0.3 is 10.3 Å². The minimum atomic E-state index is 0.769. The standard InChI is InChI=1S/C15H21N3/c1-9-6-7-13(11(3)10(9)2)15-12(4)17-14(18-15)8-16-5/h6-7,16H,8H2,1-5H3,(H,17,18). The van der Waals surface area contributed by atoms with E-state index in [9.17, 15) is 0 Å². The lowest BCUT2D eigenvalue weighted by molar-refractivity contribution is 0.770. The molecule has 1 heterocycles. The molecule has 0 unspecified atom stereocenters. The smallest absolute Gasteiger partial charge is 0.121 e. The number of hydrogen-bond donors (Lipinski definition) is 2. The van der Waals surface area contributed by atoms with E-state index in [2.05, 4.69) is 55.1 Å². The Morgan fingerprint density at radius 1 is 1.11 bits per heavy atom. The summed E-state index contributed by atoms with van der Waals surface area (Å²) in [6.45, 7) is 9.34. The van der Waals surface area contributed by atoms with E-state index in [4.69, 9.17) is 0 Å². The molecule has 1 aromatic carbocycles. The summed E-state index contributed by atoms with van der Waals surface area (Å²) in [5.74, 6) is 0.989. The first-order valence-corrected chi connectivity index (χ1v) is 6.32. The fourth-order valence-electron chi connectivity index (χ4n) is 2.25. The Balaban J connectivity index is 2.52. The maximum absolute atomic E-state index is 4.68. The van der Waals surface area contributed by atoms with E-state index in [0.29, 0.717) is 0 Å². The molecule has 0 radical (unpaired) electrons. The highest BCUT2D eigenvalue weighted by Crippen LogP contribution is 2.28. The van der Waals surface area contributed by atoms with E-state index < -0.39 is 0 Å². The van der Waals surface area contributed by atoms with Crippen molar-refractivity contribution < 1.29 is 0 Å². The number of nitrogens with one attached hydrogen (secondary N) is 2. The lowest BCUT2D eigenvalue weighted by Crippen LogP contribution is -2.06. The van der Waals surface area contributed by atoms with E-state index in [-0.39, 0.29) is 0 Å². The van der Waals surface area contributed by atoms with Gasteiger partial charge in [0.1, 0.15) is 5.82 Å². The van der Waals surface area contributed by atoms with E-state index in [1.54, 1.807) is 0 Å². The van der Waals surface area contributed by atoms with Gasteiger partial charge in [-0.2, -0.15) is 0 Å². The van der Waals surface area contributed by atoms with Crippen LogP contribution >= 0.6 is 0 Å². The van der Waals surface area contributed by atoms with Crippen molar-refractivity contribution in [2.75, 3.05) is 7.05 Å². The molecule has 96 valence electrons. The number of nitrogens with zero attached hydrogens (tertiary/aromatic N) is 1. The Morgan fingerprint density at radius 2 is 1.83 bits per heavy atom. The average molecular weight is 243 g/mol. The highest BCUT2D eigenvalue weighted by molar-refractivity contribution is 5.68. The predicted octanol–water partition coefficient (Wildman–Crippen LogP) is 3.03. The largest absolute Gasteiger partial charge is 0.344 e. The van der Waals surface area contributed by atoms with Crippen molar-refractivity contribution in [2.45, 2.75) is 34.2 Å². The minimum absolute atomic E-state index is 0.769. The van der Waals surface area contributed by atoms with Crippen LogP contribution < -0.4 is 5.32 Å². The van der Waals surface area contributed by atoms with Crippen molar-refractivity contribution in [1.29, 1.82) is 0 Å². The molecule has 0 atom stereocenters. The second-order valence-electron chi connectivity index (χ2n) is 4.87. The molecule has 0 fully saturated rings. The third-order valence-corrected chi connectivity index (χ3v) is 3.59. The quantitative estimate of drug-likeness (QED) is 0.870. The maximum Gasteiger partial charge on any atom is 0.121 e. The first kappa shape index (κ1) is 12.8. The Hall–Kier alpha value is -1.61. The van der Waals surface area contributed by atoms with Crippen LogP contribution in [-0.4, -0.2) is 17.0 Å². The summed E-state index contributed by atoms with van der Waals surface area (Å²) >= 11 is 0. The summed E-state index contributed by atoms with van der Waals surface area (Å²) in [6, 6.07) is 4.34. The molecule has 0 saturated heterocycles. The number of aromatic nitrogens is 2. The maximum atomic E-state index is 4.68. The molecule has 0 aliphatic heterocycles. The van der Waals surface area contributed by atoms with Crippen LogP contribution in [0.4, 0.5) is 0 Å². The van der Waals surface area contributed by atoms with Gasteiger partial charge in [0, 0.05) is 11.3 Å². The van der Waals surface area contributed by atoms with Crippen LogP contribution in [0.25, 0.3) is 11.3 Å². The van der Waals surface area contributed by atoms with Crippen molar-refractivity contribution in [1.82, 2.24) is 15.3 Å². The molecule has 0 saturated carbocycles. The highest BCUT2D eigenvalue weighted by atomic mass is 15.0. The monoisotopic (exact) mass is 243 g/mol. The van der Waals surface area contributed by atoms with Gasteiger partial charge >= 0.3 is 0 Å². The second kappa shape index (κ2) is 4.94. The van der Waals surface area contributed by atoms with Crippen molar-refractivity contribution in [2.24, 2.45) is 0 Å². The normalized spacial score (nSPS) is 10.9. The van der Waals surface area contributed by atoms with Crippen LogP contribution in [0.5, 0.6) is 0 Å². The number of aryl methyl sites for hydroxylation is 2. The average Bonchev–Trinajstić information content (AvgIpc) is 2.68. The Kier molecular flexibility index (Phi) is 3.53. The molecule has 2 rings (SSSR count). The van der Waals surface area contributed by atoms with Gasteiger partial charge in [-0.25, -0.2) is 4.98 Å². The molecule has 2 N–H and O–H groups in total. The van der Waals surface area contributed by atoms with E-state index in [0.717, 1.165) is 23.8 Å². The first-order valence-electron chi connectivity index (χ1n) is 6.32. The van der Waals surface area contributed by atoms with Gasteiger partial charge in [-0.05, 0) is 51.4 Å². The lowest BCUT2D eigenvalue weighted by atomic mass is 9.96. The van der Waals surface area contributed by atoms with Crippen molar-refractivity contribution in [3.05, 3.63) is 40.3 Å². The van der Waals surface area contributed by atoms with Gasteiger partial charge in [0.15, 0.2) is 0 Å². The van der Waals surface area contributed by atoms with Crippen LogP contribution in [0.1, 0.15) is 28.2 Å². The topological polar surface area (TPSA) is 40.7 Å². The number of aromatic amines is 1. The first-order chi connectivity index (χ1) is 8.54. The molecule has 1 aromatic heterocycles. The number of benzene rings is 1. The molecule has 0 bridgehead atoms. The van der Waals surface area contributed by atoms with Gasteiger partial charge in [0.05, 0.1) is 12.2 Å². The van der Waals surface area contributed by atoms with Crippen LogP contribution in [0, 0.1) is 27.7 Å². The molecule has 0 aliphatic carbocycles. The van der Waals surface area contributed by atoms with Crippen LogP contribution in [0.3, 0.4) is 0 Å². The fourth-order valence-corrected chi connectivity index (χ4v) is 2.25. The zero-order valence-electron chi connectivity index (χ0n) is 11.8. The summed E-state index contributed by atoms with van der Waals surface area (Å²) in [4.78, 5) is 8.02. The number of H-pyrrole nitrogens is 1. The lowest BCUT2D eigenvalue weighted by Gasteiger charge is -2.10. The summed E-state index contributed by atoms with van der Waals surface area (Å²) in [5, 5.41) is 3.12. The second-order valence-corrected chi connectivity index (χ2v) is 4.87. The summed E-state index contributed by atoms with van der Waals surface area (Å²) in [7, 11) is 1.93. The summed E-state index contributed by atoms with van der Waals surface area (Å²) < 4.78 is 0. The number of hydrogen-bond acceptors (Lipinski definition) is 2. The molecule has 3 heteroatoms. The highest BCUT2D eigenvalue weighted by Gasteiger charge is 2.12. The Labute approximate surface area is 109 Å². The minimum Gasteiger partial charge on any atom is -0.344 e. The van der Waals surface area contributed by atoms with Gasteiger partial charge in [0.2, 0.25) is 0 Å². The molecule has 0 aliphatic rings. The summed E-state index contributed by atoms with van der Waals surface area (Å²) in [6.07, 6.45) is 0.